The first-order valence-electron chi connectivity index (χ1n) is 5.20. The van der Waals surface area contributed by atoms with Gasteiger partial charge in [0, 0.05) is 0 Å². The molecule has 2 rings (SSSR count). The fraction of sp³-hybridized carbons (Fsp3) is 0.417. The zero-order valence-electron chi connectivity index (χ0n) is 9.08. The minimum absolute atomic E-state index is 0.0978. The molecular weight excluding hydrogens is 231 g/mol. The van der Waals surface area contributed by atoms with Crippen LogP contribution in [0.25, 0.3) is 0 Å². The lowest BCUT2D eigenvalue weighted by molar-refractivity contribution is -0.274. The quantitative estimate of drug-likeness (QED) is 0.792. The third-order valence-electron chi connectivity index (χ3n) is 2.89. The van der Waals surface area contributed by atoms with Crippen LogP contribution in [-0.4, -0.2) is 6.36 Å². The molecule has 0 amide bonds. The van der Waals surface area contributed by atoms with Crippen LogP contribution in [0.3, 0.4) is 0 Å². The van der Waals surface area contributed by atoms with Crippen molar-refractivity contribution in [2.75, 3.05) is 0 Å². The number of hydrogen-bond donors (Lipinski definition) is 0. The van der Waals surface area contributed by atoms with Crippen LogP contribution in [0.4, 0.5) is 13.2 Å². The lowest BCUT2D eigenvalue weighted by Gasteiger charge is -2.11. The Morgan fingerprint density at radius 1 is 1.41 bits per heavy atom. The highest BCUT2D eigenvalue weighted by atomic mass is 19.4. The van der Waals surface area contributed by atoms with Gasteiger partial charge in [0.1, 0.15) is 11.8 Å². The van der Waals surface area contributed by atoms with Gasteiger partial charge in [-0.1, -0.05) is 13.0 Å². The highest BCUT2D eigenvalue weighted by molar-refractivity contribution is 5.47. The number of hydrogen-bond acceptors (Lipinski definition) is 2. The second-order valence-corrected chi connectivity index (χ2v) is 4.23. The minimum Gasteiger partial charge on any atom is -0.404 e. The van der Waals surface area contributed by atoms with Crippen molar-refractivity contribution in [2.24, 2.45) is 5.92 Å². The monoisotopic (exact) mass is 241 g/mol. The predicted octanol–water partition coefficient (Wildman–Crippen LogP) is 3.58. The normalized spacial score (nSPS) is 23.0. The molecule has 0 aromatic heterocycles. The van der Waals surface area contributed by atoms with E-state index in [1.807, 2.05) is 6.92 Å². The third-order valence-corrected chi connectivity index (χ3v) is 2.89. The first-order chi connectivity index (χ1) is 7.90. The summed E-state index contributed by atoms with van der Waals surface area (Å²) < 4.78 is 40.3. The van der Waals surface area contributed by atoms with Gasteiger partial charge >= 0.3 is 6.36 Å². The molecule has 1 aromatic carbocycles. The molecule has 2 atom stereocenters. The highest BCUT2D eigenvalue weighted by Gasteiger charge is 2.36. The number of alkyl halides is 3. The minimum atomic E-state index is -4.76. The van der Waals surface area contributed by atoms with E-state index >= 15 is 0 Å². The molecule has 0 radical (unpaired) electrons. The number of nitriles is 1. The van der Waals surface area contributed by atoms with Gasteiger partial charge in [-0.25, -0.2) is 0 Å². The number of benzene rings is 1. The summed E-state index contributed by atoms with van der Waals surface area (Å²) in [6.45, 7) is 2.03. The molecule has 1 aliphatic rings. The average Bonchev–Trinajstić information content (AvgIpc) is 2.93. The standard InChI is InChI=1S/C12H10F3NO/c1-7-4-10(7)8-2-3-9(6-16)11(5-8)17-12(13,14)15/h2-3,5,7,10H,4H2,1H3/t7-,10-/m0/s1. The maximum absolute atomic E-state index is 12.2. The molecule has 0 spiro atoms. The van der Waals surface area contributed by atoms with Crippen LogP contribution >= 0.6 is 0 Å². The Labute approximate surface area is 96.6 Å². The molecule has 0 saturated heterocycles. The Morgan fingerprint density at radius 2 is 2.06 bits per heavy atom. The van der Waals surface area contributed by atoms with Crippen LogP contribution in [0.15, 0.2) is 18.2 Å². The molecule has 1 aliphatic carbocycles. The fourth-order valence-corrected chi connectivity index (χ4v) is 1.86. The van der Waals surface area contributed by atoms with Gasteiger partial charge in [0.2, 0.25) is 0 Å². The van der Waals surface area contributed by atoms with E-state index in [1.165, 1.54) is 12.1 Å². The zero-order chi connectivity index (χ0) is 12.6. The molecule has 5 heteroatoms. The van der Waals surface area contributed by atoms with Crippen molar-refractivity contribution in [2.45, 2.75) is 25.6 Å². The van der Waals surface area contributed by atoms with Gasteiger partial charge in [-0.3, -0.25) is 0 Å². The number of ether oxygens (including phenoxy) is 1. The van der Waals surface area contributed by atoms with Crippen LogP contribution in [0.1, 0.15) is 30.4 Å². The van der Waals surface area contributed by atoms with Gasteiger partial charge in [-0.15, -0.1) is 13.2 Å². The van der Waals surface area contributed by atoms with Crippen molar-refractivity contribution in [3.8, 4) is 11.8 Å². The Kier molecular flexibility index (Phi) is 2.74. The Balaban J connectivity index is 2.31. The van der Waals surface area contributed by atoms with Gasteiger partial charge in [0.15, 0.2) is 0 Å². The molecule has 0 heterocycles. The summed E-state index contributed by atoms with van der Waals surface area (Å²) >= 11 is 0. The van der Waals surface area contributed by atoms with Gasteiger partial charge in [-0.05, 0) is 36.0 Å². The van der Waals surface area contributed by atoms with E-state index in [0.717, 1.165) is 12.0 Å². The van der Waals surface area contributed by atoms with E-state index in [-0.39, 0.29) is 5.56 Å². The molecule has 17 heavy (non-hydrogen) atoms. The largest absolute Gasteiger partial charge is 0.573 e. The van der Waals surface area contributed by atoms with Gasteiger partial charge in [0.25, 0.3) is 0 Å². The Bertz CT molecular complexity index is 476. The van der Waals surface area contributed by atoms with Gasteiger partial charge in [0.05, 0.1) is 5.56 Å². The van der Waals surface area contributed by atoms with E-state index in [2.05, 4.69) is 4.74 Å². The summed E-state index contributed by atoms with van der Waals surface area (Å²) in [5.74, 6) is 0.372. The second kappa shape index (κ2) is 3.95. The molecule has 1 saturated carbocycles. The Morgan fingerprint density at radius 3 is 2.53 bits per heavy atom. The summed E-state index contributed by atoms with van der Waals surface area (Å²) in [4.78, 5) is 0. The maximum atomic E-state index is 12.2. The average molecular weight is 241 g/mol. The number of rotatable bonds is 2. The van der Waals surface area contributed by atoms with E-state index in [9.17, 15) is 13.2 Å². The first-order valence-corrected chi connectivity index (χ1v) is 5.20. The summed E-state index contributed by atoms with van der Waals surface area (Å²) in [7, 11) is 0. The van der Waals surface area contributed by atoms with Gasteiger partial charge < -0.3 is 4.74 Å². The van der Waals surface area contributed by atoms with Crippen LogP contribution < -0.4 is 4.74 Å². The lowest BCUT2D eigenvalue weighted by atomic mass is 10.1. The third kappa shape index (κ3) is 2.70. The van der Waals surface area contributed by atoms with Crippen molar-refractivity contribution < 1.29 is 17.9 Å². The van der Waals surface area contributed by atoms with Crippen LogP contribution in [-0.2, 0) is 0 Å². The molecular formula is C12H10F3NO. The van der Waals surface area contributed by atoms with Crippen molar-refractivity contribution in [1.82, 2.24) is 0 Å². The summed E-state index contributed by atoms with van der Waals surface area (Å²) in [5.41, 5.74) is 0.704. The summed E-state index contributed by atoms with van der Waals surface area (Å²) in [5, 5.41) is 8.72. The molecule has 2 nitrogen and oxygen atoms in total. The van der Waals surface area contributed by atoms with E-state index in [0.29, 0.717) is 11.8 Å². The fourth-order valence-electron chi connectivity index (χ4n) is 1.86. The summed E-state index contributed by atoms with van der Waals surface area (Å²) in [6, 6.07) is 6.08. The van der Waals surface area contributed by atoms with Crippen molar-refractivity contribution in [3.05, 3.63) is 29.3 Å². The number of halogens is 3. The van der Waals surface area contributed by atoms with Crippen molar-refractivity contribution in [3.63, 3.8) is 0 Å². The highest BCUT2D eigenvalue weighted by Crippen LogP contribution is 2.48. The molecule has 0 unspecified atom stereocenters. The number of nitrogens with zero attached hydrogens (tertiary/aromatic N) is 1. The zero-order valence-corrected chi connectivity index (χ0v) is 9.08. The maximum Gasteiger partial charge on any atom is 0.573 e. The lowest BCUT2D eigenvalue weighted by Crippen LogP contribution is -2.18. The van der Waals surface area contributed by atoms with Crippen LogP contribution in [0.5, 0.6) is 5.75 Å². The predicted molar refractivity (Wildman–Crippen MR) is 54.4 cm³/mol. The van der Waals surface area contributed by atoms with Crippen LogP contribution in [0, 0.1) is 17.2 Å². The van der Waals surface area contributed by atoms with Crippen LogP contribution in [0.2, 0.25) is 0 Å². The van der Waals surface area contributed by atoms with E-state index in [4.69, 9.17) is 5.26 Å². The Hall–Kier alpha value is -1.70. The summed E-state index contributed by atoms with van der Waals surface area (Å²) in [6.07, 6.45) is -3.79. The molecule has 0 bridgehead atoms. The SMILES string of the molecule is C[C@H]1C[C@@H]1c1ccc(C#N)c(OC(F)(F)F)c1. The molecule has 1 fully saturated rings. The molecule has 0 aliphatic heterocycles. The smallest absolute Gasteiger partial charge is 0.404 e. The van der Waals surface area contributed by atoms with Crippen molar-refractivity contribution >= 4 is 0 Å². The second-order valence-electron chi connectivity index (χ2n) is 4.23. The van der Waals surface area contributed by atoms with Crippen molar-refractivity contribution in [1.29, 1.82) is 5.26 Å². The van der Waals surface area contributed by atoms with E-state index in [1.54, 1.807) is 12.1 Å². The topological polar surface area (TPSA) is 33.0 Å². The van der Waals surface area contributed by atoms with E-state index < -0.39 is 12.1 Å². The molecule has 0 N–H and O–H groups in total. The molecule has 90 valence electrons. The first kappa shape index (κ1) is 11.8. The van der Waals surface area contributed by atoms with Gasteiger partial charge in [-0.2, -0.15) is 5.26 Å². The molecule has 1 aromatic rings.